The van der Waals surface area contributed by atoms with Gasteiger partial charge >= 0.3 is 0 Å². The van der Waals surface area contributed by atoms with Crippen LogP contribution in [0.1, 0.15) is 19.8 Å². The summed E-state index contributed by atoms with van der Waals surface area (Å²) in [6.45, 7) is 2.89. The van der Waals surface area contributed by atoms with E-state index in [0.29, 0.717) is 28.9 Å². The van der Waals surface area contributed by atoms with E-state index < -0.39 is 6.10 Å². The van der Waals surface area contributed by atoms with Crippen LogP contribution in [0, 0.1) is 0 Å². The molecular formula is C14H21Cl2NO3. The molecule has 0 aliphatic carbocycles. The molecule has 114 valence electrons. The minimum atomic E-state index is -0.698. The molecule has 0 radical (unpaired) electrons. The van der Waals surface area contributed by atoms with Crippen molar-refractivity contribution in [2.45, 2.75) is 32.0 Å². The summed E-state index contributed by atoms with van der Waals surface area (Å²) in [5.41, 5.74) is 0. The molecule has 0 bridgehead atoms. The number of ether oxygens (including phenoxy) is 1. The first-order valence-corrected chi connectivity index (χ1v) is 7.43. The summed E-state index contributed by atoms with van der Waals surface area (Å²) in [6.07, 6.45) is 0.594. The van der Waals surface area contributed by atoms with E-state index in [1.165, 1.54) is 0 Å². The average Bonchev–Trinajstić information content (AvgIpc) is 2.38. The van der Waals surface area contributed by atoms with Crippen LogP contribution in [0.15, 0.2) is 18.2 Å². The van der Waals surface area contributed by atoms with Crippen LogP contribution in [0.4, 0.5) is 0 Å². The van der Waals surface area contributed by atoms with E-state index in [9.17, 15) is 10.2 Å². The second-order valence-electron chi connectivity index (χ2n) is 4.62. The van der Waals surface area contributed by atoms with Crippen LogP contribution < -0.4 is 10.1 Å². The summed E-state index contributed by atoms with van der Waals surface area (Å²) in [5.74, 6) is 0.376. The molecule has 0 spiro atoms. The van der Waals surface area contributed by atoms with Gasteiger partial charge in [0.25, 0.3) is 0 Å². The zero-order valence-corrected chi connectivity index (χ0v) is 13.0. The molecule has 3 N–H and O–H groups in total. The molecular weight excluding hydrogens is 301 g/mol. The van der Waals surface area contributed by atoms with Gasteiger partial charge in [-0.2, -0.15) is 0 Å². The zero-order valence-electron chi connectivity index (χ0n) is 11.5. The Morgan fingerprint density at radius 3 is 2.35 bits per heavy atom. The third-order valence-corrected chi connectivity index (χ3v) is 3.32. The van der Waals surface area contributed by atoms with Gasteiger partial charge in [-0.05, 0) is 18.6 Å². The highest BCUT2D eigenvalue weighted by atomic mass is 35.5. The standard InChI is InChI=1S/C14H21Cl2NO3/c1-2-4-10(18)7-17-8-11(19)9-20-14-12(15)5-3-6-13(14)16/h3,5-6,10-11,17-19H,2,4,7-9H2,1H3. The number of aliphatic hydroxyl groups excluding tert-OH is 2. The number of para-hydroxylation sites is 1. The molecule has 0 saturated heterocycles. The Labute approximate surface area is 129 Å². The van der Waals surface area contributed by atoms with Gasteiger partial charge in [0, 0.05) is 13.1 Å². The Bertz CT molecular complexity index is 384. The van der Waals surface area contributed by atoms with Crippen molar-refractivity contribution >= 4 is 23.2 Å². The quantitative estimate of drug-likeness (QED) is 0.654. The molecule has 0 aliphatic rings. The molecule has 0 aliphatic heterocycles. The largest absolute Gasteiger partial charge is 0.488 e. The molecule has 0 saturated carbocycles. The lowest BCUT2D eigenvalue weighted by molar-refractivity contribution is 0.0985. The Kier molecular flexibility index (Phi) is 8.26. The predicted octanol–water partition coefficient (Wildman–Crippen LogP) is 2.48. The second kappa shape index (κ2) is 9.42. The zero-order chi connectivity index (χ0) is 15.0. The number of halogens is 2. The lowest BCUT2D eigenvalue weighted by atomic mass is 10.2. The topological polar surface area (TPSA) is 61.7 Å². The highest BCUT2D eigenvalue weighted by Gasteiger charge is 2.11. The van der Waals surface area contributed by atoms with Crippen molar-refractivity contribution in [2.24, 2.45) is 0 Å². The predicted molar refractivity (Wildman–Crippen MR) is 81.7 cm³/mol. The van der Waals surface area contributed by atoms with Gasteiger partial charge in [0.1, 0.15) is 12.7 Å². The Morgan fingerprint density at radius 2 is 1.75 bits per heavy atom. The van der Waals surface area contributed by atoms with Crippen molar-refractivity contribution < 1.29 is 14.9 Å². The molecule has 0 fully saturated rings. The van der Waals surface area contributed by atoms with Crippen LogP contribution in [-0.4, -0.2) is 42.1 Å². The average molecular weight is 322 g/mol. The molecule has 0 aromatic heterocycles. The molecule has 6 heteroatoms. The number of aliphatic hydroxyl groups is 2. The lowest BCUT2D eigenvalue weighted by Crippen LogP contribution is -2.35. The van der Waals surface area contributed by atoms with E-state index in [1.807, 2.05) is 6.92 Å². The molecule has 1 rings (SSSR count). The van der Waals surface area contributed by atoms with Gasteiger partial charge < -0.3 is 20.3 Å². The molecule has 2 atom stereocenters. The van der Waals surface area contributed by atoms with Gasteiger partial charge in [0.15, 0.2) is 5.75 Å². The van der Waals surface area contributed by atoms with E-state index >= 15 is 0 Å². The molecule has 0 heterocycles. The van der Waals surface area contributed by atoms with E-state index in [0.717, 1.165) is 12.8 Å². The molecule has 1 aromatic carbocycles. The smallest absolute Gasteiger partial charge is 0.156 e. The highest BCUT2D eigenvalue weighted by Crippen LogP contribution is 2.32. The van der Waals surface area contributed by atoms with Crippen molar-refractivity contribution in [3.63, 3.8) is 0 Å². The first kappa shape index (κ1) is 17.5. The van der Waals surface area contributed by atoms with Crippen LogP contribution in [0.3, 0.4) is 0 Å². The fourth-order valence-corrected chi connectivity index (χ4v) is 2.22. The third-order valence-electron chi connectivity index (χ3n) is 2.72. The number of benzene rings is 1. The van der Waals surface area contributed by atoms with Gasteiger partial charge in [-0.25, -0.2) is 0 Å². The summed E-state index contributed by atoms with van der Waals surface area (Å²) in [7, 11) is 0. The van der Waals surface area contributed by atoms with Crippen molar-refractivity contribution in [1.82, 2.24) is 5.32 Å². The Hall–Kier alpha value is -0.520. The van der Waals surface area contributed by atoms with E-state index in [4.69, 9.17) is 27.9 Å². The molecule has 2 unspecified atom stereocenters. The maximum absolute atomic E-state index is 9.78. The monoisotopic (exact) mass is 321 g/mol. The maximum Gasteiger partial charge on any atom is 0.156 e. The van der Waals surface area contributed by atoms with Crippen molar-refractivity contribution in [3.8, 4) is 5.75 Å². The number of hydrogen-bond donors (Lipinski definition) is 3. The molecule has 20 heavy (non-hydrogen) atoms. The third kappa shape index (κ3) is 6.29. The fraction of sp³-hybridized carbons (Fsp3) is 0.571. The van der Waals surface area contributed by atoms with Crippen molar-refractivity contribution in [3.05, 3.63) is 28.2 Å². The maximum atomic E-state index is 9.78. The number of hydrogen-bond acceptors (Lipinski definition) is 4. The first-order valence-electron chi connectivity index (χ1n) is 6.68. The highest BCUT2D eigenvalue weighted by molar-refractivity contribution is 6.37. The van der Waals surface area contributed by atoms with Crippen molar-refractivity contribution in [2.75, 3.05) is 19.7 Å². The summed E-state index contributed by atoms with van der Waals surface area (Å²) >= 11 is 11.9. The SMILES string of the molecule is CCCC(O)CNCC(O)COc1c(Cl)cccc1Cl. The summed E-state index contributed by atoms with van der Waals surface area (Å²) in [4.78, 5) is 0. The van der Waals surface area contributed by atoms with Gasteiger partial charge in [-0.3, -0.25) is 0 Å². The summed E-state index contributed by atoms with van der Waals surface area (Å²) in [6, 6.07) is 5.08. The van der Waals surface area contributed by atoms with Crippen LogP contribution in [0.2, 0.25) is 10.0 Å². The lowest BCUT2D eigenvalue weighted by Gasteiger charge is -2.16. The molecule has 1 aromatic rings. The van der Waals surface area contributed by atoms with Crippen LogP contribution in [0.5, 0.6) is 5.75 Å². The fourth-order valence-electron chi connectivity index (χ4n) is 1.71. The Balaban J connectivity index is 2.28. The van der Waals surface area contributed by atoms with Crippen LogP contribution in [-0.2, 0) is 0 Å². The van der Waals surface area contributed by atoms with Gasteiger partial charge in [-0.15, -0.1) is 0 Å². The van der Waals surface area contributed by atoms with Crippen LogP contribution >= 0.6 is 23.2 Å². The van der Waals surface area contributed by atoms with Crippen LogP contribution in [0.25, 0.3) is 0 Å². The minimum absolute atomic E-state index is 0.0837. The van der Waals surface area contributed by atoms with Gasteiger partial charge in [-0.1, -0.05) is 42.6 Å². The Morgan fingerprint density at radius 1 is 1.15 bits per heavy atom. The van der Waals surface area contributed by atoms with E-state index in [2.05, 4.69) is 5.32 Å². The molecule has 4 nitrogen and oxygen atoms in total. The second-order valence-corrected chi connectivity index (χ2v) is 5.43. The number of rotatable bonds is 9. The molecule has 0 amide bonds. The minimum Gasteiger partial charge on any atom is -0.488 e. The number of nitrogens with one attached hydrogen (secondary N) is 1. The summed E-state index contributed by atoms with van der Waals surface area (Å²) in [5, 5.41) is 23.1. The van der Waals surface area contributed by atoms with Gasteiger partial charge in [0.2, 0.25) is 0 Å². The van der Waals surface area contributed by atoms with E-state index in [-0.39, 0.29) is 12.7 Å². The van der Waals surface area contributed by atoms with Crippen molar-refractivity contribution in [1.29, 1.82) is 0 Å². The van der Waals surface area contributed by atoms with Gasteiger partial charge in [0.05, 0.1) is 16.1 Å². The summed E-state index contributed by atoms with van der Waals surface area (Å²) < 4.78 is 5.42. The van der Waals surface area contributed by atoms with E-state index in [1.54, 1.807) is 18.2 Å². The normalized spacial score (nSPS) is 14.1. The first-order chi connectivity index (χ1) is 9.54.